The molecule has 0 spiro atoms. The second kappa shape index (κ2) is 6.78. The topological polar surface area (TPSA) is 70.5 Å². The summed E-state index contributed by atoms with van der Waals surface area (Å²) in [5.41, 5.74) is 1.90. The number of hydrogen-bond acceptors (Lipinski definition) is 3. The highest BCUT2D eigenvalue weighted by molar-refractivity contribution is 5.80. The first-order valence-electron chi connectivity index (χ1n) is 9.49. The highest BCUT2D eigenvalue weighted by Gasteiger charge is 2.39. The normalized spacial score (nSPS) is 26.5. The number of fused-ring (bicyclic) bond motifs is 3. The molecule has 1 N–H and O–H groups in total. The van der Waals surface area contributed by atoms with Crippen LogP contribution in [0.15, 0.2) is 18.2 Å². The monoisotopic (exact) mass is 357 g/mol. The summed E-state index contributed by atoms with van der Waals surface area (Å²) < 4.78 is 1.98. The molecule has 140 valence electrons. The predicted octanol–water partition coefficient (Wildman–Crippen LogP) is 1.60. The molecule has 0 unspecified atom stereocenters. The summed E-state index contributed by atoms with van der Waals surface area (Å²) in [5, 5.41) is 7.70. The molecule has 1 aromatic heterocycles. The quantitative estimate of drug-likeness (QED) is 0.836. The van der Waals surface area contributed by atoms with Crippen molar-refractivity contribution in [1.29, 1.82) is 0 Å². The zero-order valence-corrected chi connectivity index (χ0v) is 15.5. The molecule has 2 aliphatic carbocycles. The number of carbonyl (C=O) groups is 2. The zero-order chi connectivity index (χ0) is 18.3. The minimum absolute atomic E-state index is 0.0267. The number of allylic oxidation sites excluding steroid dienone is 2. The summed E-state index contributed by atoms with van der Waals surface area (Å²) >= 11 is 0. The first-order valence-corrected chi connectivity index (χ1v) is 9.49. The smallest absolute Gasteiger partial charge is 0.319 e. The molecule has 3 atom stereocenters. The van der Waals surface area contributed by atoms with E-state index in [4.69, 9.17) is 0 Å². The van der Waals surface area contributed by atoms with Crippen molar-refractivity contribution in [2.45, 2.75) is 38.9 Å². The van der Waals surface area contributed by atoms with Gasteiger partial charge in [0.2, 0.25) is 5.91 Å². The third-order valence-electron chi connectivity index (χ3n) is 5.78. The van der Waals surface area contributed by atoms with Gasteiger partial charge in [0.1, 0.15) is 0 Å². The number of aromatic nitrogens is 2. The first kappa shape index (κ1) is 17.1. The maximum atomic E-state index is 12.5. The summed E-state index contributed by atoms with van der Waals surface area (Å²) in [4.78, 5) is 28.2. The van der Waals surface area contributed by atoms with Gasteiger partial charge in [-0.15, -0.1) is 0 Å². The highest BCUT2D eigenvalue weighted by Crippen LogP contribution is 2.43. The Kier molecular flexibility index (Phi) is 4.46. The van der Waals surface area contributed by atoms with Gasteiger partial charge in [0.05, 0.1) is 24.5 Å². The molecule has 7 nitrogen and oxygen atoms in total. The standard InChI is InChI=1S/C19H27N5O2/c1-22(2)19(26)23-6-3-7-24-16(12-23)10-15(21-24)11-20-18(25)17-9-13-4-5-14(17)8-13/h4-5,10,13-14,17H,3,6-9,11-12H2,1-2H3,(H,20,25)/t13-,14+,17-/m1/s1. The summed E-state index contributed by atoms with van der Waals surface area (Å²) in [7, 11) is 3.55. The van der Waals surface area contributed by atoms with Crippen molar-refractivity contribution in [3.63, 3.8) is 0 Å². The van der Waals surface area contributed by atoms with E-state index >= 15 is 0 Å². The molecule has 0 saturated heterocycles. The molecule has 3 amide bonds. The molecule has 1 aromatic rings. The van der Waals surface area contributed by atoms with Gasteiger partial charge in [-0.25, -0.2) is 4.79 Å². The molecule has 0 aromatic carbocycles. The Labute approximate surface area is 154 Å². The largest absolute Gasteiger partial charge is 0.350 e. The van der Waals surface area contributed by atoms with Crippen LogP contribution in [0.4, 0.5) is 4.79 Å². The van der Waals surface area contributed by atoms with Gasteiger partial charge in [0.25, 0.3) is 0 Å². The molecular formula is C19H27N5O2. The molecule has 3 aliphatic rings. The van der Waals surface area contributed by atoms with Crippen LogP contribution in [0.1, 0.15) is 30.7 Å². The van der Waals surface area contributed by atoms with Crippen LogP contribution in [0, 0.1) is 17.8 Å². The lowest BCUT2D eigenvalue weighted by Crippen LogP contribution is -2.38. The van der Waals surface area contributed by atoms with Gasteiger partial charge in [0.15, 0.2) is 0 Å². The van der Waals surface area contributed by atoms with Crippen LogP contribution in [0.5, 0.6) is 0 Å². The summed E-state index contributed by atoms with van der Waals surface area (Å²) in [6.07, 6.45) is 7.45. The van der Waals surface area contributed by atoms with Crippen molar-refractivity contribution in [3.05, 3.63) is 29.6 Å². The van der Waals surface area contributed by atoms with E-state index in [1.165, 1.54) is 0 Å². The Morgan fingerprint density at radius 2 is 2.12 bits per heavy atom. The van der Waals surface area contributed by atoms with Gasteiger partial charge in [-0.3, -0.25) is 9.48 Å². The van der Waals surface area contributed by atoms with Crippen LogP contribution in [-0.4, -0.2) is 52.2 Å². The second-order valence-electron chi connectivity index (χ2n) is 7.91. The Morgan fingerprint density at radius 3 is 2.81 bits per heavy atom. The van der Waals surface area contributed by atoms with E-state index in [0.29, 0.717) is 24.9 Å². The van der Waals surface area contributed by atoms with Crippen molar-refractivity contribution in [1.82, 2.24) is 24.9 Å². The molecule has 0 radical (unpaired) electrons. The minimum Gasteiger partial charge on any atom is -0.350 e. The first-order chi connectivity index (χ1) is 12.5. The third-order valence-corrected chi connectivity index (χ3v) is 5.78. The molecule has 26 heavy (non-hydrogen) atoms. The fourth-order valence-corrected chi connectivity index (χ4v) is 4.45. The van der Waals surface area contributed by atoms with Crippen LogP contribution in [0.2, 0.25) is 0 Å². The average Bonchev–Trinajstić information content (AvgIpc) is 3.31. The number of aryl methyl sites for hydroxylation is 1. The zero-order valence-electron chi connectivity index (χ0n) is 15.5. The van der Waals surface area contributed by atoms with Gasteiger partial charge in [0, 0.05) is 33.1 Å². The molecule has 1 saturated carbocycles. The van der Waals surface area contributed by atoms with Gasteiger partial charge in [-0.2, -0.15) is 5.10 Å². The maximum Gasteiger partial charge on any atom is 0.319 e. The fourth-order valence-electron chi connectivity index (χ4n) is 4.45. The van der Waals surface area contributed by atoms with E-state index < -0.39 is 0 Å². The summed E-state index contributed by atoms with van der Waals surface area (Å²) in [6, 6.07) is 2.04. The van der Waals surface area contributed by atoms with Crippen LogP contribution >= 0.6 is 0 Å². The molecule has 1 aliphatic heterocycles. The van der Waals surface area contributed by atoms with Crippen LogP contribution in [-0.2, 0) is 24.4 Å². The predicted molar refractivity (Wildman–Crippen MR) is 97.0 cm³/mol. The molecule has 4 rings (SSSR count). The minimum atomic E-state index is 0.0267. The molecule has 7 heteroatoms. The van der Waals surface area contributed by atoms with Crippen molar-refractivity contribution in [3.8, 4) is 0 Å². The van der Waals surface area contributed by atoms with E-state index in [2.05, 4.69) is 22.6 Å². The van der Waals surface area contributed by atoms with Gasteiger partial charge < -0.3 is 15.1 Å². The second-order valence-corrected chi connectivity index (χ2v) is 7.91. The number of carbonyl (C=O) groups excluding carboxylic acids is 2. The Hall–Kier alpha value is -2.31. The van der Waals surface area contributed by atoms with Gasteiger partial charge in [-0.05, 0) is 37.2 Å². The number of rotatable bonds is 3. The van der Waals surface area contributed by atoms with Crippen molar-refractivity contribution < 1.29 is 9.59 Å². The Balaban J connectivity index is 1.37. The van der Waals surface area contributed by atoms with Crippen LogP contribution < -0.4 is 5.32 Å². The van der Waals surface area contributed by atoms with E-state index in [1.54, 1.807) is 19.0 Å². The fraction of sp³-hybridized carbons (Fsp3) is 0.632. The van der Waals surface area contributed by atoms with Crippen molar-refractivity contribution in [2.24, 2.45) is 17.8 Å². The number of urea groups is 1. The third kappa shape index (κ3) is 3.22. The van der Waals surface area contributed by atoms with E-state index in [0.717, 1.165) is 43.7 Å². The molecule has 1 fully saturated rings. The Morgan fingerprint density at radius 1 is 1.27 bits per heavy atom. The van der Waals surface area contributed by atoms with Crippen LogP contribution in [0.25, 0.3) is 0 Å². The lowest BCUT2D eigenvalue weighted by molar-refractivity contribution is -0.125. The lowest BCUT2D eigenvalue weighted by atomic mass is 9.93. The van der Waals surface area contributed by atoms with E-state index in [1.807, 2.05) is 15.6 Å². The number of nitrogens with one attached hydrogen (secondary N) is 1. The maximum absolute atomic E-state index is 12.5. The van der Waals surface area contributed by atoms with Crippen molar-refractivity contribution in [2.75, 3.05) is 20.6 Å². The molecule has 2 bridgehead atoms. The van der Waals surface area contributed by atoms with Gasteiger partial charge in [-0.1, -0.05) is 12.2 Å². The molecule has 2 heterocycles. The number of amides is 3. The van der Waals surface area contributed by atoms with Gasteiger partial charge >= 0.3 is 6.03 Å². The van der Waals surface area contributed by atoms with Crippen LogP contribution in [0.3, 0.4) is 0 Å². The average molecular weight is 357 g/mol. The lowest BCUT2D eigenvalue weighted by Gasteiger charge is -2.24. The summed E-state index contributed by atoms with van der Waals surface area (Å²) in [6.45, 7) is 2.56. The SMILES string of the molecule is CN(C)C(=O)N1CCCn2nc(CNC(=O)[C@@H]3C[C@@H]4C=C[C@H]3C4)cc2C1. The van der Waals surface area contributed by atoms with Crippen molar-refractivity contribution >= 4 is 11.9 Å². The number of hydrogen-bond donors (Lipinski definition) is 1. The van der Waals surface area contributed by atoms with E-state index in [-0.39, 0.29) is 17.9 Å². The highest BCUT2D eigenvalue weighted by atomic mass is 16.2. The molecular weight excluding hydrogens is 330 g/mol. The summed E-state index contributed by atoms with van der Waals surface area (Å²) in [5.74, 6) is 1.29. The van der Waals surface area contributed by atoms with E-state index in [9.17, 15) is 9.59 Å². The Bertz CT molecular complexity index is 738. The number of nitrogens with zero attached hydrogens (tertiary/aromatic N) is 4.